The lowest BCUT2D eigenvalue weighted by Gasteiger charge is -2.38. The molecule has 2 atom stereocenters. The van der Waals surface area contributed by atoms with Crippen LogP contribution in [0.5, 0.6) is 0 Å². The molecule has 1 N–H and O–H groups in total. The highest BCUT2D eigenvalue weighted by Crippen LogP contribution is 2.35. The molecule has 0 amide bonds. The van der Waals surface area contributed by atoms with Crippen molar-refractivity contribution in [1.29, 1.82) is 0 Å². The van der Waals surface area contributed by atoms with Gasteiger partial charge in [0, 0.05) is 18.9 Å². The maximum atomic E-state index is 11.7. The minimum absolute atomic E-state index is 0.181. The van der Waals surface area contributed by atoms with Crippen molar-refractivity contribution in [1.82, 2.24) is 9.88 Å². The van der Waals surface area contributed by atoms with E-state index in [4.69, 9.17) is 4.42 Å². The highest BCUT2D eigenvalue weighted by atomic mass is 16.4. The predicted molar refractivity (Wildman–Crippen MR) is 81.5 cm³/mol. The van der Waals surface area contributed by atoms with Crippen LogP contribution in [0.2, 0.25) is 0 Å². The van der Waals surface area contributed by atoms with Crippen LogP contribution in [-0.2, 0) is 4.79 Å². The van der Waals surface area contributed by atoms with Crippen molar-refractivity contribution in [3.63, 3.8) is 0 Å². The number of pyridine rings is 1. The molecule has 2 aromatic heterocycles. The second kappa shape index (κ2) is 6.32. The van der Waals surface area contributed by atoms with Crippen molar-refractivity contribution < 1.29 is 14.3 Å². The first-order chi connectivity index (χ1) is 10.7. The van der Waals surface area contributed by atoms with Gasteiger partial charge in [-0.15, -0.1) is 0 Å². The Balaban J connectivity index is 2.05. The number of piperidine rings is 1. The number of aromatic nitrogens is 1. The largest absolute Gasteiger partial charge is 0.480 e. The van der Waals surface area contributed by atoms with Gasteiger partial charge >= 0.3 is 5.97 Å². The number of likely N-dealkylation sites (tertiary alicyclic amines) is 1. The third kappa shape index (κ3) is 2.76. The fourth-order valence-electron chi connectivity index (χ4n) is 3.26. The Kier molecular flexibility index (Phi) is 4.24. The number of carboxylic acid groups (broad SMARTS) is 1. The molecule has 5 nitrogen and oxygen atoms in total. The highest BCUT2D eigenvalue weighted by Gasteiger charge is 2.36. The van der Waals surface area contributed by atoms with Gasteiger partial charge in [0.05, 0.1) is 12.3 Å². The molecule has 1 aliphatic heterocycles. The van der Waals surface area contributed by atoms with E-state index in [1.54, 1.807) is 12.5 Å². The average molecular weight is 300 g/mol. The Bertz CT molecular complexity index is 639. The molecular weight excluding hydrogens is 280 g/mol. The van der Waals surface area contributed by atoms with Gasteiger partial charge < -0.3 is 9.52 Å². The van der Waals surface area contributed by atoms with E-state index in [9.17, 15) is 9.90 Å². The number of carbonyl (C=O) groups is 1. The summed E-state index contributed by atoms with van der Waals surface area (Å²) in [7, 11) is 0. The maximum absolute atomic E-state index is 11.7. The van der Waals surface area contributed by atoms with E-state index < -0.39 is 12.0 Å². The molecule has 0 bridgehead atoms. The summed E-state index contributed by atoms with van der Waals surface area (Å²) < 4.78 is 5.63. The zero-order valence-electron chi connectivity index (χ0n) is 12.6. The molecule has 0 saturated carbocycles. The summed E-state index contributed by atoms with van der Waals surface area (Å²) in [4.78, 5) is 17.9. The molecule has 3 heterocycles. The lowest BCUT2D eigenvalue weighted by molar-refractivity contribution is -0.145. The van der Waals surface area contributed by atoms with Crippen molar-refractivity contribution in [3.8, 4) is 0 Å². The molecule has 1 fully saturated rings. The van der Waals surface area contributed by atoms with Gasteiger partial charge in [-0.1, -0.05) is 6.42 Å². The van der Waals surface area contributed by atoms with E-state index in [1.165, 1.54) is 0 Å². The van der Waals surface area contributed by atoms with Crippen LogP contribution in [0.4, 0.5) is 0 Å². The van der Waals surface area contributed by atoms with Gasteiger partial charge in [-0.2, -0.15) is 0 Å². The molecule has 1 aliphatic rings. The Morgan fingerprint density at radius 3 is 3.00 bits per heavy atom. The summed E-state index contributed by atoms with van der Waals surface area (Å²) in [5, 5.41) is 9.59. The lowest BCUT2D eigenvalue weighted by atomic mass is 9.93. The van der Waals surface area contributed by atoms with Crippen molar-refractivity contribution in [2.45, 2.75) is 38.3 Å². The third-order valence-corrected chi connectivity index (χ3v) is 4.33. The zero-order chi connectivity index (χ0) is 15.5. The van der Waals surface area contributed by atoms with Crippen molar-refractivity contribution >= 4 is 5.97 Å². The molecule has 0 aromatic carbocycles. The number of nitrogens with zero attached hydrogens (tertiary/aromatic N) is 2. The minimum Gasteiger partial charge on any atom is -0.480 e. The Morgan fingerprint density at radius 2 is 2.32 bits per heavy atom. The van der Waals surface area contributed by atoms with E-state index in [0.29, 0.717) is 6.42 Å². The molecule has 0 spiro atoms. The predicted octanol–water partition coefficient (Wildman–Crippen LogP) is 3.01. The van der Waals surface area contributed by atoms with Crippen molar-refractivity contribution in [2.75, 3.05) is 6.54 Å². The van der Waals surface area contributed by atoms with Crippen LogP contribution in [0, 0.1) is 6.92 Å². The summed E-state index contributed by atoms with van der Waals surface area (Å²) in [6.07, 6.45) is 7.83. The van der Waals surface area contributed by atoms with Gasteiger partial charge in [0.2, 0.25) is 0 Å². The first kappa shape index (κ1) is 14.8. The fourth-order valence-corrected chi connectivity index (χ4v) is 3.26. The Morgan fingerprint density at radius 1 is 1.45 bits per heavy atom. The standard InChI is InChI=1S/C17H20N2O3/c1-12-11-18-8-7-13(12)16(15-6-4-10-22-15)19-9-3-2-5-14(19)17(20)21/h4,6-8,10-11,14,16H,2-3,5,9H2,1H3,(H,20,21). The summed E-state index contributed by atoms with van der Waals surface area (Å²) in [6, 6.07) is 5.06. The van der Waals surface area contributed by atoms with Gasteiger partial charge in [-0.25, -0.2) is 0 Å². The molecule has 0 aliphatic carbocycles. The normalized spacial score (nSPS) is 20.7. The van der Waals surface area contributed by atoms with E-state index in [2.05, 4.69) is 4.98 Å². The van der Waals surface area contributed by atoms with Gasteiger partial charge in [0.1, 0.15) is 11.8 Å². The van der Waals surface area contributed by atoms with Crippen molar-refractivity contribution in [3.05, 3.63) is 53.7 Å². The highest BCUT2D eigenvalue weighted by molar-refractivity contribution is 5.73. The lowest BCUT2D eigenvalue weighted by Crippen LogP contribution is -2.46. The van der Waals surface area contributed by atoms with E-state index in [-0.39, 0.29) is 6.04 Å². The minimum atomic E-state index is -0.761. The smallest absolute Gasteiger partial charge is 0.320 e. The van der Waals surface area contributed by atoms with Crippen LogP contribution in [0.1, 0.15) is 42.2 Å². The molecule has 3 rings (SSSR count). The summed E-state index contributed by atoms with van der Waals surface area (Å²) in [5.41, 5.74) is 2.09. The second-order valence-electron chi connectivity index (χ2n) is 5.74. The number of carboxylic acids is 1. The number of aliphatic carboxylic acids is 1. The number of aryl methyl sites for hydroxylation is 1. The Hall–Kier alpha value is -2.14. The third-order valence-electron chi connectivity index (χ3n) is 4.33. The Labute approximate surface area is 129 Å². The molecular formula is C17H20N2O3. The fraction of sp³-hybridized carbons (Fsp3) is 0.412. The number of hydrogen-bond acceptors (Lipinski definition) is 4. The molecule has 2 aromatic rings. The number of hydrogen-bond donors (Lipinski definition) is 1. The van der Waals surface area contributed by atoms with Crippen molar-refractivity contribution in [2.24, 2.45) is 0 Å². The van der Waals surface area contributed by atoms with E-state index in [0.717, 1.165) is 36.3 Å². The van der Waals surface area contributed by atoms with Gasteiger partial charge in [-0.3, -0.25) is 14.7 Å². The van der Waals surface area contributed by atoms with Crippen LogP contribution in [0.15, 0.2) is 41.3 Å². The first-order valence-corrected chi connectivity index (χ1v) is 7.61. The monoisotopic (exact) mass is 300 g/mol. The maximum Gasteiger partial charge on any atom is 0.320 e. The quantitative estimate of drug-likeness (QED) is 0.940. The van der Waals surface area contributed by atoms with Crippen LogP contribution in [0.25, 0.3) is 0 Å². The number of rotatable bonds is 4. The first-order valence-electron chi connectivity index (χ1n) is 7.61. The van der Waals surface area contributed by atoms with Gasteiger partial charge in [0.25, 0.3) is 0 Å². The summed E-state index contributed by atoms with van der Waals surface area (Å²) in [5.74, 6) is 0.0189. The topological polar surface area (TPSA) is 66.6 Å². The zero-order valence-corrected chi connectivity index (χ0v) is 12.6. The number of furan rings is 1. The SMILES string of the molecule is Cc1cnccc1C(c1ccco1)N1CCCCC1C(=O)O. The van der Waals surface area contributed by atoms with Crippen LogP contribution in [0.3, 0.4) is 0 Å². The summed E-state index contributed by atoms with van der Waals surface area (Å²) in [6.45, 7) is 2.75. The van der Waals surface area contributed by atoms with Crippen LogP contribution >= 0.6 is 0 Å². The van der Waals surface area contributed by atoms with E-state index in [1.807, 2.05) is 36.2 Å². The van der Waals surface area contributed by atoms with E-state index >= 15 is 0 Å². The van der Waals surface area contributed by atoms with Gasteiger partial charge in [-0.05, 0) is 49.1 Å². The molecule has 116 valence electrons. The average Bonchev–Trinajstić information content (AvgIpc) is 3.04. The van der Waals surface area contributed by atoms with Crippen LogP contribution < -0.4 is 0 Å². The molecule has 22 heavy (non-hydrogen) atoms. The van der Waals surface area contributed by atoms with Crippen LogP contribution in [-0.4, -0.2) is 33.5 Å². The molecule has 1 saturated heterocycles. The summed E-state index contributed by atoms with van der Waals surface area (Å²) >= 11 is 0. The molecule has 0 radical (unpaired) electrons. The molecule has 5 heteroatoms. The second-order valence-corrected chi connectivity index (χ2v) is 5.74. The van der Waals surface area contributed by atoms with Gasteiger partial charge in [0.15, 0.2) is 0 Å². The molecule has 2 unspecified atom stereocenters.